The molecule has 6 heteroatoms. The Balaban J connectivity index is 1.61. The van der Waals surface area contributed by atoms with Gasteiger partial charge in [0.1, 0.15) is 13.2 Å². The van der Waals surface area contributed by atoms with Crippen LogP contribution >= 0.6 is 0 Å². The molecule has 0 radical (unpaired) electrons. The minimum absolute atomic E-state index is 0.130. The maximum Gasteiger partial charge on any atom is 0.244 e. The van der Waals surface area contributed by atoms with Gasteiger partial charge in [0.2, 0.25) is 5.91 Å². The fraction of sp³-hybridized carbons (Fsp3) is 0.368. The molecule has 1 aromatic carbocycles. The van der Waals surface area contributed by atoms with E-state index in [1.54, 1.807) is 17.0 Å². The molecule has 1 N–H and O–H groups in total. The summed E-state index contributed by atoms with van der Waals surface area (Å²) < 4.78 is 12.9. The first-order valence-electron chi connectivity index (χ1n) is 8.29. The van der Waals surface area contributed by atoms with E-state index < -0.39 is 0 Å². The van der Waals surface area contributed by atoms with Crippen LogP contribution in [0, 0.1) is 0 Å². The first kappa shape index (κ1) is 17.1. The third-order valence-corrected chi connectivity index (χ3v) is 4.18. The van der Waals surface area contributed by atoms with Gasteiger partial charge in [-0.15, -0.1) is 0 Å². The van der Waals surface area contributed by atoms with Crippen LogP contribution in [0.2, 0.25) is 0 Å². The molecule has 1 aliphatic rings. The summed E-state index contributed by atoms with van der Waals surface area (Å²) in [6.07, 6.45) is 6.84. The maximum atomic E-state index is 12.1. The molecule has 0 fully saturated rings. The van der Waals surface area contributed by atoms with Crippen LogP contribution in [-0.2, 0) is 17.3 Å². The van der Waals surface area contributed by atoms with E-state index in [4.69, 9.17) is 9.47 Å². The summed E-state index contributed by atoms with van der Waals surface area (Å²) in [5.74, 6) is 1.41. The fourth-order valence-corrected chi connectivity index (χ4v) is 2.63. The van der Waals surface area contributed by atoms with E-state index in [1.807, 2.05) is 31.4 Å². The van der Waals surface area contributed by atoms with Gasteiger partial charge in [0, 0.05) is 36.8 Å². The highest BCUT2D eigenvalue weighted by Crippen LogP contribution is 2.34. The normalized spacial score (nSPS) is 13.9. The number of amides is 1. The topological polar surface area (TPSA) is 65.4 Å². The molecule has 2 heterocycles. The number of rotatable bonds is 5. The lowest BCUT2D eigenvalue weighted by atomic mass is 9.84. The average Bonchev–Trinajstić information content (AvgIpc) is 3.03. The summed E-state index contributed by atoms with van der Waals surface area (Å²) in [6.45, 7) is 5.83. The number of nitrogens with one attached hydrogen (secondary N) is 1. The highest BCUT2D eigenvalue weighted by atomic mass is 16.6. The molecule has 0 saturated carbocycles. The molecule has 0 bridgehead atoms. The third kappa shape index (κ3) is 4.21. The zero-order valence-electron chi connectivity index (χ0n) is 14.8. The number of fused-ring (bicyclic) bond motifs is 1. The van der Waals surface area contributed by atoms with E-state index in [2.05, 4.69) is 24.3 Å². The van der Waals surface area contributed by atoms with E-state index in [0.717, 1.165) is 22.6 Å². The second-order valence-corrected chi connectivity index (χ2v) is 6.74. The van der Waals surface area contributed by atoms with Crippen LogP contribution in [0.4, 0.5) is 0 Å². The molecule has 25 heavy (non-hydrogen) atoms. The van der Waals surface area contributed by atoms with Crippen LogP contribution in [0.15, 0.2) is 36.7 Å². The van der Waals surface area contributed by atoms with Gasteiger partial charge in [-0.1, -0.05) is 19.9 Å². The summed E-state index contributed by atoms with van der Waals surface area (Å²) in [7, 11) is 1.84. The van der Waals surface area contributed by atoms with Gasteiger partial charge >= 0.3 is 0 Å². The van der Waals surface area contributed by atoms with Gasteiger partial charge in [-0.2, -0.15) is 5.10 Å². The molecule has 0 unspecified atom stereocenters. The van der Waals surface area contributed by atoms with Crippen molar-refractivity contribution in [2.45, 2.75) is 19.3 Å². The van der Waals surface area contributed by atoms with Gasteiger partial charge in [-0.05, 0) is 23.8 Å². The van der Waals surface area contributed by atoms with E-state index >= 15 is 0 Å². The molecule has 1 aromatic heterocycles. The zero-order chi connectivity index (χ0) is 17.9. The first-order chi connectivity index (χ1) is 11.9. The molecular formula is C19H23N3O3. The molecule has 2 aromatic rings. The molecule has 0 spiro atoms. The van der Waals surface area contributed by atoms with E-state index in [0.29, 0.717) is 19.8 Å². The second-order valence-electron chi connectivity index (χ2n) is 6.74. The largest absolute Gasteiger partial charge is 0.486 e. The average molecular weight is 341 g/mol. The van der Waals surface area contributed by atoms with Crippen LogP contribution in [-0.4, -0.2) is 35.4 Å². The standard InChI is InChI=1S/C19H23N3O3/c1-19(2,15-5-6-16-17(10-15)25-9-8-24-16)13-20-18(23)7-4-14-11-21-22(3)12-14/h4-7,10-12H,8-9,13H2,1-3H3,(H,20,23)/b7-4+. The summed E-state index contributed by atoms with van der Waals surface area (Å²) >= 11 is 0. The molecule has 1 aliphatic heterocycles. The number of hydrogen-bond donors (Lipinski definition) is 1. The number of carbonyl (C=O) groups is 1. The second kappa shape index (κ2) is 7.01. The monoisotopic (exact) mass is 341 g/mol. The van der Waals surface area contributed by atoms with Crippen molar-refractivity contribution in [1.29, 1.82) is 0 Å². The maximum absolute atomic E-state index is 12.1. The highest BCUT2D eigenvalue weighted by Gasteiger charge is 2.23. The lowest BCUT2D eigenvalue weighted by Crippen LogP contribution is -2.36. The van der Waals surface area contributed by atoms with Crippen molar-refractivity contribution in [2.24, 2.45) is 7.05 Å². The number of benzene rings is 1. The van der Waals surface area contributed by atoms with Gasteiger partial charge in [-0.3, -0.25) is 9.48 Å². The van der Waals surface area contributed by atoms with Gasteiger partial charge < -0.3 is 14.8 Å². The number of aromatic nitrogens is 2. The minimum Gasteiger partial charge on any atom is -0.486 e. The predicted molar refractivity (Wildman–Crippen MR) is 95.7 cm³/mol. The van der Waals surface area contributed by atoms with Gasteiger partial charge in [-0.25, -0.2) is 0 Å². The van der Waals surface area contributed by atoms with E-state index in [9.17, 15) is 4.79 Å². The Morgan fingerprint density at radius 1 is 1.32 bits per heavy atom. The fourth-order valence-electron chi connectivity index (χ4n) is 2.63. The van der Waals surface area contributed by atoms with Crippen molar-refractivity contribution in [1.82, 2.24) is 15.1 Å². The number of hydrogen-bond acceptors (Lipinski definition) is 4. The summed E-state index contributed by atoms with van der Waals surface area (Å²) in [5.41, 5.74) is 1.75. The number of carbonyl (C=O) groups excluding carboxylic acids is 1. The quantitative estimate of drug-likeness (QED) is 0.848. The summed E-state index contributed by atoms with van der Waals surface area (Å²) in [6, 6.07) is 5.94. The van der Waals surface area contributed by atoms with Crippen molar-refractivity contribution in [3.8, 4) is 11.5 Å². The van der Waals surface area contributed by atoms with Gasteiger partial charge in [0.25, 0.3) is 0 Å². The van der Waals surface area contributed by atoms with Crippen molar-refractivity contribution in [2.75, 3.05) is 19.8 Å². The van der Waals surface area contributed by atoms with Crippen molar-refractivity contribution in [3.05, 3.63) is 47.8 Å². The molecular weight excluding hydrogens is 318 g/mol. The first-order valence-corrected chi connectivity index (χ1v) is 8.29. The number of aryl methyl sites for hydroxylation is 1. The SMILES string of the molecule is Cn1cc(/C=C/C(=O)NCC(C)(C)c2ccc3c(c2)OCCO3)cn1. The zero-order valence-corrected chi connectivity index (χ0v) is 14.8. The van der Waals surface area contributed by atoms with Crippen molar-refractivity contribution >= 4 is 12.0 Å². The Bertz CT molecular complexity index is 793. The van der Waals surface area contributed by atoms with Crippen LogP contribution in [0.5, 0.6) is 11.5 Å². The molecule has 6 nitrogen and oxygen atoms in total. The predicted octanol–water partition coefficient (Wildman–Crippen LogP) is 2.30. The van der Waals surface area contributed by atoms with E-state index in [1.165, 1.54) is 6.08 Å². The van der Waals surface area contributed by atoms with Crippen LogP contribution < -0.4 is 14.8 Å². The Kier molecular flexibility index (Phi) is 4.79. The highest BCUT2D eigenvalue weighted by molar-refractivity contribution is 5.91. The smallest absolute Gasteiger partial charge is 0.244 e. The summed E-state index contributed by atoms with van der Waals surface area (Å²) in [4.78, 5) is 12.1. The molecule has 1 amide bonds. The van der Waals surface area contributed by atoms with Crippen LogP contribution in [0.1, 0.15) is 25.0 Å². The van der Waals surface area contributed by atoms with E-state index in [-0.39, 0.29) is 11.3 Å². The third-order valence-electron chi connectivity index (χ3n) is 4.18. The lowest BCUT2D eigenvalue weighted by molar-refractivity contribution is -0.116. The van der Waals surface area contributed by atoms with Crippen molar-refractivity contribution < 1.29 is 14.3 Å². The molecule has 3 rings (SSSR count). The van der Waals surface area contributed by atoms with Crippen LogP contribution in [0.25, 0.3) is 6.08 Å². The Hall–Kier alpha value is -2.76. The molecule has 0 saturated heterocycles. The molecule has 0 atom stereocenters. The van der Waals surface area contributed by atoms with Crippen LogP contribution in [0.3, 0.4) is 0 Å². The number of ether oxygens (including phenoxy) is 2. The summed E-state index contributed by atoms with van der Waals surface area (Å²) in [5, 5.41) is 7.02. The van der Waals surface area contributed by atoms with Gasteiger partial charge in [0.15, 0.2) is 11.5 Å². The Labute approximate surface area is 147 Å². The van der Waals surface area contributed by atoms with Gasteiger partial charge in [0.05, 0.1) is 6.20 Å². The lowest BCUT2D eigenvalue weighted by Gasteiger charge is -2.27. The molecule has 0 aliphatic carbocycles. The Morgan fingerprint density at radius 2 is 2.08 bits per heavy atom. The Morgan fingerprint density at radius 3 is 2.80 bits per heavy atom. The minimum atomic E-state index is -0.229. The van der Waals surface area contributed by atoms with Crippen molar-refractivity contribution in [3.63, 3.8) is 0 Å². The number of nitrogens with zero attached hydrogens (tertiary/aromatic N) is 2. The molecule has 132 valence electrons.